The van der Waals surface area contributed by atoms with Crippen LogP contribution in [0.15, 0.2) is 24.3 Å². The van der Waals surface area contributed by atoms with Crippen molar-refractivity contribution < 1.29 is 0 Å². The molecular weight excluding hydrogens is 196 g/mol. The van der Waals surface area contributed by atoms with Gasteiger partial charge in [0, 0.05) is 0 Å². The Hall–Kier alpha value is -0.563. The fourth-order valence-electron chi connectivity index (χ4n) is 5.00. The average Bonchev–Trinajstić information content (AvgIpc) is 2.59. The van der Waals surface area contributed by atoms with Gasteiger partial charge in [-0.3, -0.25) is 0 Å². The van der Waals surface area contributed by atoms with E-state index in [1.165, 1.54) is 6.42 Å². The van der Waals surface area contributed by atoms with Gasteiger partial charge in [0.1, 0.15) is 0 Å². The van der Waals surface area contributed by atoms with Crippen LogP contribution in [0, 0.1) is 11.8 Å². The minimum Gasteiger partial charge on any atom is -0.0688 e. The maximum atomic E-state index is 2.57. The Balaban J connectivity index is 1.99. The Morgan fingerprint density at radius 1 is 1.20 bits per heavy atom. The van der Waals surface area contributed by atoms with E-state index >= 15 is 0 Å². The van der Waals surface area contributed by atoms with Crippen molar-refractivity contribution in [2.45, 2.75) is 37.0 Å². The second-order valence-corrected chi connectivity index (χ2v) is 12.0. The lowest BCUT2D eigenvalue weighted by Gasteiger charge is -2.33. The third kappa shape index (κ3) is 0.664. The molecule has 0 radical (unpaired) electrons. The molecule has 0 aromatic heterocycles. The van der Waals surface area contributed by atoms with Crippen LogP contribution in [-0.4, -0.2) is 8.07 Å². The summed E-state index contributed by atoms with van der Waals surface area (Å²) in [5.74, 6) is 3.11. The topological polar surface area (TPSA) is 0 Å². The maximum absolute atomic E-state index is 2.57. The monoisotopic (exact) mass is 214 g/mol. The van der Waals surface area contributed by atoms with Gasteiger partial charge < -0.3 is 0 Å². The van der Waals surface area contributed by atoms with Gasteiger partial charge in [0.2, 0.25) is 0 Å². The lowest BCUT2D eigenvalue weighted by molar-refractivity contribution is 0.387. The fraction of sp³-hybridized carbons (Fsp3) is 0.571. The van der Waals surface area contributed by atoms with Crippen molar-refractivity contribution >= 4 is 8.07 Å². The molecule has 1 aromatic carbocycles. The highest BCUT2D eigenvalue weighted by molar-refractivity contribution is 6.80. The molecule has 2 fully saturated rings. The van der Waals surface area contributed by atoms with E-state index in [1.54, 1.807) is 11.1 Å². The van der Waals surface area contributed by atoms with Crippen LogP contribution in [0.2, 0.25) is 19.6 Å². The minimum atomic E-state index is -1.05. The van der Waals surface area contributed by atoms with Crippen molar-refractivity contribution in [1.29, 1.82) is 0 Å². The first kappa shape index (κ1) is 8.57. The zero-order valence-corrected chi connectivity index (χ0v) is 10.7. The summed E-state index contributed by atoms with van der Waals surface area (Å²) in [5.41, 5.74) is 3.47. The summed E-state index contributed by atoms with van der Waals surface area (Å²) in [5, 5.41) is 0.703. The van der Waals surface area contributed by atoms with Crippen molar-refractivity contribution in [2.75, 3.05) is 0 Å². The third-order valence-electron chi connectivity index (χ3n) is 5.42. The van der Waals surface area contributed by atoms with Gasteiger partial charge in [-0.05, 0) is 40.3 Å². The van der Waals surface area contributed by atoms with Crippen LogP contribution in [0.25, 0.3) is 0 Å². The van der Waals surface area contributed by atoms with Crippen LogP contribution in [0.3, 0.4) is 0 Å². The number of rotatable bonds is 1. The zero-order valence-electron chi connectivity index (χ0n) is 9.75. The summed E-state index contributed by atoms with van der Waals surface area (Å²) in [7, 11) is -1.05. The molecule has 0 aliphatic heterocycles. The molecule has 4 unspecified atom stereocenters. The molecule has 0 heterocycles. The van der Waals surface area contributed by atoms with E-state index < -0.39 is 8.07 Å². The van der Waals surface area contributed by atoms with Crippen LogP contribution < -0.4 is 0 Å². The molecule has 0 bridgehead atoms. The first-order valence-corrected chi connectivity index (χ1v) is 9.68. The molecule has 0 N–H and O–H groups in total. The summed E-state index contributed by atoms with van der Waals surface area (Å²) in [4.78, 5) is 0. The van der Waals surface area contributed by atoms with Crippen LogP contribution in [-0.2, 0) is 5.04 Å². The van der Waals surface area contributed by atoms with E-state index in [2.05, 4.69) is 43.9 Å². The highest BCUT2D eigenvalue weighted by Crippen LogP contribution is 2.84. The van der Waals surface area contributed by atoms with E-state index in [4.69, 9.17) is 0 Å². The van der Waals surface area contributed by atoms with Crippen LogP contribution in [0.4, 0.5) is 0 Å². The fourth-order valence-corrected chi connectivity index (χ4v) is 8.77. The Morgan fingerprint density at radius 3 is 2.67 bits per heavy atom. The highest BCUT2D eigenvalue weighted by Gasteiger charge is 2.82. The number of benzene rings is 1. The highest BCUT2D eigenvalue weighted by atomic mass is 28.3. The molecule has 4 atom stereocenters. The Kier molecular flexibility index (Phi) is 1.20. The predicted octanol–water partition coefficient (Wildman–Crippen LogP) is 3.55. The minimum absolute atomic E-state index is 0.703. The second kappa shape index (κ2) is 2.10. The van der Waals surface area contributed by atoms with Crippen molar-refractivity contribution in [2.24, 2.45) is 11.8 Å². The van der Waals surface area contributed by atoms with Gasteiger partial charge in [0.25, 0.3) is 0 Å². The van der Waals surface area contributed by atoms with Gasteiger partial charge in [-0.25, -0.2) is 0 Å². The van der Waals surface area contributed by atoms with Crippen molar-refractivity contribution in [3.8, 4) is 0 Å². The lowest BCUT2D eigenvalue weighted by Crippen LogP contribution is -2.40. The summed E-state index contributed by atoms with van der Waals surface area (Å²) in [6.07, 6.45) is 1.51. The molecular formula is C14H18Si. The molecule has 15 heavy (non-hydrogen) atoms. The van der Waals surface area contributed by atoms with Crippen LogP contribution in [0.5, 0.6) is 0 Å². The molecule has 3 aliphatic rings. The van der Waals surface area contributed by atoms with Gasteiger partial charge in [0.05, 0.1) is 8.07 Å². The first-order chi connectivity index (χ1) is 7.08. The number of hydrogen-bond acceptors (Lipinski definition) is 0. The molecule has 0 saturated heterocycles. The van der Waals surface area contributed by atoms with Gasteiger partial charge in [0.15, 0.2) is 0 Å². The Labute approximate surface area is 92.7 Å². The molecule has 4 rings (SSSR count). The molecule has 0 spiro atoms. The van der Waals surface area contributed by atoms with E-state index in [1.807, 2.05) is 0 Å². The van der Waals surface area contributed by atoms with E-state index in [9.17, 15) is 0 Å². The Morgan fingerprint density at radius 2 is 1.93 bits per heavy atom. The summed E-state index contributed by atoms with van der Waals surface area (Å²) in [6.45, 7) is 7.72. The van der Waals surface area contributed by atoms with E-state index in [0.717, 1.165) is 17.8 Å². The molecule has 1 heteroatoms. The summed E-state index contributed by atoms with van der Waals surface area (Å²) < 4.78 is 0. The molecule has 1 aromatic rings. The zero-order chi connectivity index (χ0) is 10.4. The smallest absolute Gasteiger partial charge is 0.0564 e. The molecule has 2 saturated carbocycles. The van der Waals surface area contributed by atoms with E-state index in [0.29, 0.717) is 5.04 Å². The average molecular weight is 214 g/mol. The number of fused-ring (bicyclic) bond motifs is 4. The molecule has 3 aliphatic carbocycles. The summed E-state index contributed by atoms with van der Waals surface area (Å²) >= 11 is 0. The normalized spacial score (nSPS) is 44.3. The number of hydrogen-bond donors (Lipinski definition) is 0. The van der Waals surface area contributed by atoms with Crippen molar-refractivity contribution in [3.63, 3.8) is 0 Å². The quantitative estimate of drug-likeness (QED) is 0.627. The van der Waals surface area contributed by atoms with Crippen LogP contribution >= 0.6 is 0 Å². The third-order valence-corrected chi connectivity index (χ3v) is 8.88. The van der Waals surface area contributed by atoms with Gasteiger partial charge >= 0.3 is 0 Å². The van der Waals surface area contributed by atoms with Crippen LogP contribution in [0.1, 0.15) is 23.5 Å². The maximum Gasteiger partial charge on any atom is 0.0564 e. The first-order valence-electron chi connectivity index (χ1n) is 6.18. The van der Waals surface area contributed by atoms with Gasteiger partial charge in [-0.1, -0.05) is 43.9 Å². The second-order valence-electron chi connectivity index (χ2n) is 6.68. The Bertz CT molecular complexity index is 457. The summed E-state index contributed by atoms with van der Waals surface area (Å²) in [6, 6.07) is 9.31. The van der Waals surface area contributed by atoms with Gasteiger partial charge in [-0.15, -0.1) is 0 Å². The molecule has 78 valence electrons. The SMILES string of the molecule is C[Si](C)(C)C12c3ccccc3C3CC1C32. The molecule has 0 amide bonds. The molecule has 0 nitrogen and oxygen atoms in total. The largest absolute Gasteiger partial charge is 0.0688 e. The van der Waals surface area contributed by atoms with Crippen molar-refractivity contribution in [3.05, 3.63) is 35.4 Å². The standard InChI is InChI=1S/C14H18Si/c1-15(2,3)14-11-7-5-4-6-9(11)10-8-12(14)13(10)14/h4-7,10,12-13H,8H2,1-3H3. The predicted molar refractivity (Wildman–Crippen MR) is 65.8 cm³/mol. The van der Waals surface area contributed by atoms with E-state index in [-0.39, 0.29) is 0 Å². The van der Waals surface area contributed by atoms with Crippen molar-refractivity contribution in [1.82, 2.24) is 0 Å². The lowest BCUT2D eigenvalue weighted by atomic mass is 9.78. The van der Waals surface area contributed by atoms with Gasteiger partial charge in [-0.2, -0.15) is 0 Å².